The monoisotopic (exact) mass is 448 g/mol. The summed E-state index contributed by atoms with van der Waals surface area (Å²) in [6.45, 7) is 6.14. The highest BCUT2D eigenvalue weighted by molar-refractivity contribution is 6.05. The maximum absolute atomic E-state index is 13.7. The minimum atomic E-state index is -0.145. The van der Waals surface area contributed by atoms with Gasteiger partial charge in [-0.3, -0.25) is 19.7 Å². The van der Waals surface area contributed by atoms with Gasteiger partial charge in [-0.25, -0.2) is 0 Å². The number of para-hydroxylation sites is 2. The maximum Gasteiger partial charge on any atom is 0.254 e. The van der Waals surface area contributed by atoms with Crippen LogP contribution in [0.25, 0.3) is 21.8 Å². The molecule has 2 aromatic carbocycles. The van der Waals surface area contributed by atoms with E-state index in [1.165, 1.54) is 6.42 Å². The van der Waals surface area contributed by atoms with Crippen molar-refractivity contribution in [2.24, 2.45) is 11.8 Å². The normalized spacial score (nSPS) is 24.7. The number of amides is 1. The first-order chi connectivity index (χ1) is 16.7. The lowest BCUT2D eigenvalue weighted by Gasteiger charge is -2.51. The number of aromatic nitrogens is 2. The van der Waals surface area contributed by atoms with Gasteiger partial charge in [0.25, 0.3) is 5.91 Å². The summed E-state index contributed by atoms with van der Waals surface area (Å²) in [5.41, 5.74) is 3.42. The lowest BCUT2D eigenvalue weighted by Crippen LogP contribution is -2.57. The molecule has 3 fully saturated rings. The van der Waals surface area contributed by atoms with E-state index >= 15 is 0 Å². The van der Waals surface area contributed by atoms with Crippen molar-refractivity contribution in [1.82, 2.24) is 20.2 Å². The van der Waals surface area contributed by atoms with Gasteiger partial charge in [0.15, 0.2) is 0 Å². The Morgan fingerprint density at radius 2 is 1.94 bits per heavy atom. The van der Waals surface area contributed by atoms with Crippen molar-refractivity contribution >= 4 is 27.7 Å². The number of rotatable bonds is 5. The molecule has 3 aliphatic heterocycles. The molecule has 4 unspecified atom stereocenters. The molecule has 0 radical (unpaired) electrons. The molecule has 5 nitrogen and oxygen atoms in total. The quantitative estimate of drug-likeness (QED) is 0.429. The molecule has 7 rings (SSSR count). The predicted molar refractivity (Wildman–Crippen MR) is 135 cm³/mol. The van der Waals surface area contributed by atoms with E-state index in [1.807, 2.05) is 54.7 Å². The van der Waals surface area contributed by atoms with Crippen molar-refractivity contribution in [3.8, 4) is 0 Å². The molecule has 5 atom stereocenters. The van der Waals surface area contributed by atoms with Crippen LogP contribution in [0.4, 0.5) is 0 Å². The molecule has 5 heteroatoms. The van der Waals surface area contributed by atoms with E-state index in [1.54, 1.807) is 6.20 Å². The number of pyridine rings is 2. The van der Waals surface area contributed by atoms with Gasteiger partial charge in [-0.05, 0) is 61.1 Å². The number of fused-ring (bicyclic) bond motifs is 5. The summed E-state index contributed by atoms with van der Waals surface area (Å²) in [7, 11) is 0. The number of nitrogens with one attached hydrogen (secondary N) is 1. The Hall–Kier alpha value is -3.57. The Morgan fingerprint density at radius 3 is 2.79 bits per heavy atom. The number of hydrogen-bond donors (Lipinski definition) is 1. The molecule has 34 heavy (non-hydrogen) atoms. The van der Waals surface area contributed by atoms with Crippen LogP contribution < -0.4 is 5.32 Å². The highest BCUT2D eigenvalue weighted by atomic mass is 16.1. The second-order valence-corrected chi connectivity index (χ2v) is 9.50. The highest BCUT2D eigenvalue weighted by Gasteiger charge is 2.43. The molecule has 1 N–H and O–H groups in total. The summed E-state index contributed by atoms with van der Waals surface area (Å²) in [6, 6.07) is 20.0. The molecule has 0 saturated carbocycles. The second kappa shape index (κ2) is 8.65. The van der Waals surface area contributed by atoms with Gasteiger partial charge in [0, 0.05) is 35.8 Å². The van der Waals surface area contributed by atoms with Crippen molar-refractivity contribution in [2.75, 3.05) is 13.1 Å². The van der Waals surface area contributed by atoms with Gasteiger partial charge >= 0.3 is 0 Å². The van der Waals surface area contributed by atoms with Crippen LogP contribution in [0, 0.1) is 11.8 Å². The third-order valence-electron chi connectivity index (χ3n) is 7.72. The van der Waals surface area contributed by atoms with Crippen LogP contribution in [-0.4, -0.2) is 39.9 Å². The van der Waals surface area contributed by atoms with Gasteiger partial charge in [-0.1, -0.05) is 42.5 Å². The first kappa shape index (κ1) is 21.0. The number of carbonyl (C=O) groups excluding carboxylic acids is 1. The Balaban J connectivity index is 1.42. The lowest BCUT2D eigenvalue weighted by atomic mass is 9.73. The van der Waals surface area contributed by atoms with E-state index in [-0.39, 0.29) is 18.0 Å². The van der Waals surface area contributed by atoms with E-state index in [9.17, 15) is 4.79 Å². The number of nitrogens with zero attached hydrogens (tertiary/aromatic N) is 3. The standard InChI is InChI=1S/C29H28N4O/c1-2-19-18-33-16-13-21(19)17-26(33)28(23-12-15-30-25-11-4-3-9-22(23)25)32-29(34)24-10-5-7-20-8-6-14-31-27(20)24/h2-12,14-15,19,21,26,28H,1,13,16-18H2,(H,32,34)/t19?,21?,26?,28-/m0/s1. The van der Waals surface area contributed by atoms with Crippen LogP contribution in [0.15, 0.2) is 85.7 Å². The smallest absolute Gasteiger partial charge is 0.254 e. The SMILES string of the molecule is C=CC1CN2CCC1CC2[C@@H](NC(=O)c1cccc2cccnc12)c1ccnc2ccccc12. The molecular formula is C29H28N4O. The van der Waals surface area contributed by atoms with Gasteiger partial charge in [0.05, 0.1) is 22.6 Å². The molecule has 5 heterocycles. The Labute approximate surface area is 199 Å². The minimum Gasteiger partial charge on any atom is -0.344 e. The number of hydrogen-bond acceptors (Lipinski definition) is 4. The highest BCUT2D eigenvalue weighted by Crippen LogP contribution is 2.42. The third kappa shape index (κ3) is 3.57. The molecular weight excluding hydrogens is 420 g/mol. The molecule has 170 valence electrons. The zero-order valence-corrected chi connectivity index (χ0v) is 19.1. The van der Waals surface area contributed by atoms with E-state index < -0.39 is 0 Å². The summed E-state index contributed by atoms with van der Waals surface area (Å²) < 4.78 is 0. The average molecular weight is 449 g/mol. The van der Waals surface area contributed by atoms with Gasteiger partial charge in [0.2, 0.25) is 0 Å². The Morgan fingerprint density at radius 1 is 1.06 bits per heavy atom. The molecule has 0 spiro atoms. The number of carbonyl (C=O) groups is 1. The molecule has 3 aliphatic rings. The van der Waals surface area contributed by atoms with Gasteiger partial charge in [0.1, 0.15) is 0 Å². The van der Waals surface area contributed by atoms with E-state index in [4.69, 9.17) is 0 Å². The van der Waals surface area contributed by atoms with Crippen molar-refractivity contribution in [3.05, 3.63) is 96.8 Å². The first-order valence-electron chi connectivity index (χ1n) is 12.1. The fourth-order valence-electron chi connectivity index (χ4n) is 6.00. The summed E-state index contributed by atoms with van der Waals surface area (Å²) in [5.74, 6) is 1.05. The molecule has 1 amide bonds. The zero-order valence-electron chi connectivity index (χ0n) is 19.1. The number of piperidine rings is 3. The summed E-state index contributed by atoms with van der Waals surface area (Å²) >= 11 is 0. The molecule has 2 aromatic heterocycles. The van der Waals surface area contributed by atoms with Gasteiger partial charge in [-0.2, -0.15) is 0 Å². The largest absolute Gasteiger partial charge is 0.344 e. The fraction of sp³-hybridized carbons (Fsp3) is 0.276. The topological polar surface area (TPSA) is 58.1 Å². The van der Waals surface area contributed by atoms with Gasteiger partial charge in [-0.15, -0.1) is 6.58 Å². The minimum absolute atomic E-state index is 0.0851. The van der Waals surface area contributed by atoms with E-state index in [0.29, 0.717) is 17.4 Å². The summed E-state index contributed by atoms with van der Waals surface area (Å²) in [5, 5.41) is 5.51. The lowest BCUT2D eigenvalue weighted by molar-refractivity contribution is 0.00172. The van der Waals surface area contributed by atoms with Crippen molar-refractivity contribution < 1.29 is 4.79 Å². The molecule has 4 aromatic rings. The van der Waals surface area contributed by atoms with E-state index in [0.717, 1.165) is 46.9 Å². The Kier molecular flexibility index (Phi) is 5.34. The average Bonchev–Trinajstić information content (AvgIpc) is 2.91. The van der Waals surface area contributed by atoms with Crippen molar-refractivity contribution in [3.63, 3.8) is 0 Å². The van der Waals surface area contributed by atoms with Crippen LogP contribution in [0.5, 0.6) is 0 Å². The zero-order chi connectivity index (χ0) is 23.1. The summed E-state index contributed by atoms with van der Waals surface area (Å²) in [4.78, 5) is 25.4. The summed E-state index contributed by atoms with van der Waals surface area (Å²) in [6.07, 6.45) is 7.96. The number of benzene rings is 2. The van der Waals surface area contributed by atoms with Crippen LogP contribution in [0.3, 0.4) is 0 Å². The maximum atomic E-state index is 13.7. The molecule has 2 bridgehead atoms. The van der Waals surface area contributed by atoms with Crippen LogP contribution >= 0.6 is 0 Å². The molecule has 0 aliphatic carbocycles. The fourth-order valence-corrected chi connectivity index (χ4v) is 6.00. The Bertz CT molecular complexity index is 1370. The van der Waals surface area contributed by atoms with Crippen molar-refractivity contribution in [2.45, 2.75) is 24.9 Å². The van der Waals surface area contributed by atoms with Crippen molar-refractivity contribution in [1.29, 1.82) is 0 Å². The van der Waals surface area contributed by atoms with E-state index in [2.05, 4.69) is 45.0 Å². The molecule has 3 saturated heterocycles. The third-order valence-corrected chi connectivity index (χ3v) is 7.72. The first-order valence-corrected chi connectivity index (χ1v) is 12.1. The van der Waals surface area contributed by atoms with Crippen LogP contribution in [0.2, 0.25) is 0 Å². The van der Waals surface area contributed by atoms with Gasteiger partial charge < -0.3 is 5.32 Å². The predicted octanol–water partition coefficient (Wildman–Crippen LogP) is 5.15. The van der Waals surface area contributed by atoms with Crippen LogP contribution in [-0.2, 0) is 0 Å². The van der Waals surface area contributed by atoms with Crippen LogP contribution in [0.1, 0.15) is 34.8 Å². The second-order valence-electron chi connectivity index (χ2n) is 9.50.